The van der Waals surface area contributed by atoms with Gasteiger partial charge in [-0.2, -0.15) is 0 Å². The van der Waals surface area contributed by atoms with Crippen LogP contribution in [0.15, 0.2) is 47.1 Å². The number of allylic oxidation sites excluding steroid dienone is 1. The Morgan fingerprint density at radius 3 is 2.79 bits per heavy atom. The molecule has 1 aromatic rings. The fraction of sp³-hybridized carbons (Fsp3) is 0.250. The fourth-order valence-electron chi connectivity index (χ4n) is 2.79. The van der Waals surface area contributed by atoms with Crippen LogP contribution in [0.5, 0.6) is 0 Å². The normalized spacial score (nSPS) is 17.1. The number of benzene rings is 1. The average Bonchev–Trinajstić information content (AvgIpc) is 3.15. The Bertz CT molecular complexity index is 961. The van der Waals surface area contributed by atoms with E-state index >= 15 is 0 Å². The van der Waals surface area contributed by atoms with Gasteiger partial charge in [-0.05, 0) is 36.6 Å². The maximum atomic E-state index is 14.0. The van der Waals surface area contributed by atoms with E-state index in [0.29, 0.717) is 24.5 Å². The number of hydrogen-bond donors (Lipinski definition) is 3. The Labute approximate surface area is 173 Å². The monoisotopic (exact) mass is 417 g/mol. The number of halogens is 2. The third-order valence-corrected chi connectivity index (χ3v) is 4.50. The van der Waals surface area contributed by atoms with Gasteiger partial charge in [-0.3, -0.25) is 14.6 Å². The molecule has 1 fully saturated rings. The summed E-state index contributed by atoms with van der Waals surface area (Å²) in [4.78, 5) is 29.2. The molecule has 1 heterocycles. The molecule has 1 saturated heterocycles. The summed E-state index contributed by atoms with van der Waals surface area (Å²) in [7, 11) is 1.40. The molecule has 0 unspecified atom stereocenters. The van der Waals surface area contributed by atoms with Crippen molar-refractivity contribution >= 4 is 29.3 Å². The van der Waals surface area contributed by atoms with Gasteiger partial charge in [-0.25, -0.2) is 4.39 Å². The molecule has 0 radical (unpaired) electrons. The number of carbonyl (C=O) groups is 2. The molecule has 0 aromatic heterocycles. The molecule has 5 N–H and O–H groups in total. The van der Waals surface area contributed by atoms with E-state index in [1.165, 1.54) is 31.3 Å². The second kappa shape index (κ2) is 9.75. The number of hydrogen-bond acceptors (Lipinski definition) is 4. The number of carbonyl (C=O) groups excluding carboxylic acids is 2. The Morgan fingerprint density at radius 2 is 2.17 bits per heavy atom. The molecule has 1 aliphatic rings. The van der Waals surface area contributed by atoms with Crippen molar-refractivity contribution in [3.63, 3.8) is 0 Å². The third kappa shape index (κ3) is 5.59. The van der Waals surface area contributed by atoms with Gasteiger partial charge in [-0.15, -0.1) is 0 Å². The second-order valence-corrected chi connectivity index (χ2v) is 6.65. The summed E-state index contributed by atoms with van der Waals surface area (Å²) in [6, 6.07) is 3.74. The van der Waals surface area contributed by atoms with Crippen LogP contribution in [0.2, 0.25) is 5.02 Å². The molecule has 0 saturated carbocycles. The van der Waals surface area contributed by atoms with Crippen molar-refractivity contribution in [2.24, 2.45) is 16.5 Å². The SMILES string of the molecule is C=CC(=O)N1CC[C@H](NC(C#Cc2cc(Cl)ccc2F)=C(C(N)=O)C(N)=NC)C1. The molecule has 0 bridgehead atoms. The van der Waals surface area contributed by atoms with Gasteiger partial charge in [0.2, 0.25) is 5.91 Å². The summed E-state index contributed by atoms with van der Waals surface area (Å²) < 4.78 is 14.0. The molecule has 0 aliphatic carbocycles. The van der Waals surface area contributed by atoms with E-state index in [1.807, 2.05) is 0 Å². The average molecular weight is 418 g/mol. The molecule has 1 atom stereocenters. The minimum atomic E-state index is -0.839. The van der Waals surface area contributed by atoms with E-state index in [0.717, 1.165) is 0 Å². The number of aliphatic imine (C=N–C) groups is 1. The van der Waals surface area contributed by atoms with Gasteiger partial charge in [0.05, 0.1) is 5.56 Å². The number of nitrogens with zero attached hydrogens (tertiary/aromatic N) is 2. The number of nitrogens with one attached hydrogen (secondary N) is 1. The minimum Gasteiger partial charge on any atom is -0.383 e. The van der Waals surface area contributed by atoms with E-state index in [9.17, 15) is 14.0 Å². The maximum Gasteiger partial charge on any atom is 0.255 e. The minimum absolute atomic E-state index is 0.0440. The van der Waals surface area contributed by atoms with Crippen LogP contribution in [-0.2, 0) is 9.59 Å². The van der Waals surface area contributed by atoms with Crippen LogP contribution in [0.1, 0.15) is 12.0 Å². The van der Waals surface area contributed by atoms with Crippen molar-refractivity contribution in [3.05, 3.63) is 58.5 Å². The fourth-order valence-corrected chi connectivity index (χ4v) is 2.97. The zero-order valence-corrected chi connectivity index (χ0v) is 16.6. The van der Waals surface area contributed by atoms with E-state index in [1.54, 1.807) is 4.90 Å². The molecule has 1 aromatic carbocycles. The van der Waals surface area contributed by atoms with Crippen LogP contribution in [0, 0.1) is 17.7 Å². The van der Waals surface area contributed by atoms with Crippen molar-refractivity contribution in [2.45, 2.75) is 12.5 Å². The lowest BCUT2D eigenvalue weighted by atomic mass is 10.1. The molecule has 0 spiro atoms. The molecular formula is C20H21ClFN5O2. The van der Waals surface area contributed by atoms with Gasteiger partial charge in [0.1, 0.15) is 22.9 Å². The zero-order chi connectivity index (χ0) is 21.6. The Kier molecular flexibility index (Phi) is 7.39. The number of rotatable bonds is 5. The topological polar surface area (TPSA) is 114 Å². The predicted octanol–water partition coefficient (Wildman–Crippen LogP) is 0.934. The smallest absolute Gasteiger partial charge is 0.255 e. The zero-order valence-electron chi connectivity index (χ0n) is 15.8. The molecule has 9 heteroatoms. The van der Waals surface area contributed by atoms with Crippen LogP contribution in [0.4, 0.5) is 4.39 Å². The second-order valence-electron chi connectivity index (χ2n) is 6.22. The van der Waals surface area contributed by atoms with E-state index in [2.05, 4.69) is 28.7 Å². The van der Waals surface area contributed by atoms with Crippen LogP contribution in [0.3, 0.4) is 0 Å². The number of likely N-dealkylation sites (tertiary alicyclic amines) is 1. The molecule has 1 aliphatic heterocycles. The van der Waals surface area contributed by atoms with E-state index < -0.39 is 11.7 Å². The van der Waals surface area contributed by atoms with Gasteiger partial charge >= 0.3 is 0 Å². The predicted molar refractivity (Wildman–Crippen MR) is 110 cm³/mol. The first-order valence-electron chi connectivity index (χ1n) is 8.68. The maximum absolute atomic E-state index is 14.0. The molecule has 152 valence electrons. The highest BCUT2D eigenvalue weighted by Crippen LogP contribution is 2.15. The van der Waals surface area contributed by atoms with Gasteiger partial charge in [-0.1, -0.05) is 24.1 Å². The lowest BCUT2D eigenvalue weighted by molar-refractivity contribution is -0.125. The molecule has 2 rings (SSSR count). The van der Waals surface area contributed by atoms with Crippen LogP contribution < -0.4 is 16.8 Å². The molecule has 29 heavy (non-hydrogen) atoms. The largest absolute Gasteiger partial charge is 0.383 e. The van der Waals surface area contributed by atoms with Crippen molar-refractivity contribution in [2.75, 3.05) is 20.1 Å². The Hall–Kier alpha value is -3.31. The van der Waals surface area contributed by atoms with Crippen LogP contribution in [0.25, 0.3) is 0 Å². The van der Waals surface area contributed by atoms with Crippen molar-refractivity contribution in [3.8, 4) is 11.8 Å². The van der Waals surface area contributed by atoms with Gasteiger partial charge in [0.15, 0.2) is 0 Å². The molecule has 7 nitrogen and oxygen atoms in total. The first-order valence-corrected chi connectivity index (χ1v) is 9.06. The van der Waals surface area contributed by atoms with Gasteiger partial charge < -0.3 is 21.7 Å². The number of nitrogens with two attached hydrogens (primary N) is 2. The number of primary amides is 1. The van der Waals surface area contributed by atoms with Crippen molar-refractivity contribution < 1.29 is 14.0 Å². The van der Waals surface area contributed by atoms with Crippen LogP contribution >= 0.6 is 11.6 Å². The highest BCUT2D eigenvalue weighted by molar-refractivity contribution is 6.30. The van der Waals surface area contributed by atoms with Crippen molar-refractivity contribution in [1.82, 2.24) is 10.2 Å². The van der Waals surface area contributed by atoms with Gasteiger partial charge in [0.25, 0.3) is 5.91 Å². The summed E-state index contributed by atoms with van der Waals surface area (Å²) in [6.45, 7) is 4.35. The number of amidine groups is 1. The highest BCUT2D eigenvalue weighted by atomic mass is 35.5. The third-order valence-electron chi connectivity index (χ3n) is 4.27. The summed E-state index contributed by atoms with van der Waals surface area (Å²) in [5, 5.41) is 3.40. The summed E-state index contributed by atoms with van der Waals surface area (Å²) in [5.74, 6) is 3.65. The Balaban J connectivity index is 2.44. The standard InChI is InChI=1S/C20H21ClFN5O2/c1-3-17(28)27-9-8-14(11-27)26-16(18(20(24)29)19(23)25-2)7-4-12-10-13(21)5-6-15(12)22/h3,5-6,10,14,26H,1,8-9,11H2,2H3,(H2,23,25)(H2,24,29)/t14-/m0/s1. The van der Waals surface area contributed by atoms with Crippen molar-refractivity contribution in [1.29, 1.82) is 0 Å². The lowest BCUT2D eigenvalue weighted by Crippen LogP contribution is -2.37. The summed E-state index contributed by atoms with van der Waals surface area (Å²) in [5.41, 5.74) is 11.3. The lowest BCUT2D eigenvalue weighted by Gasteiger charge is -2.17. The highest BCUT2D eigenvalue weighted by Gasteiger charge is 2.26. The van der Waals surface area contributed by atoms with E-state index in [-0.39, 0.29) is 34.6 Å². The number of amides is 2. The molecular weight excluding hydrogens is 397 g/mol. The quantitative estimate of drug-likeness (QED) is 0.286. The summed E-state index contributed by atoms with van der Waals surface area (Å²) >= 11 is 5.89. The molecule has 2 amide bonds. The van der Waals surface area contributed by atoms with E-state index in [4.69, 9.17) is 23.1 Å². The summed E-state index contributed by atoms with van der Waals surface area (Å²) in [6.07, 6.45) is 1.84. The first kappa shape index (κ1) is 22.0. The Morgan fingerprint density at radius 1 is 1.45 bits per heavy atom. The first-order chi connectivity index (χ1) is 13.8. The van der Waals surface area contributed by atoms with Gasteiger partial charge in [0, 0.05) is 31.2 Å². The van der Waals surface area contributed by atoms with Crippen LogP contribution in [-0.4, -0.2) is 48.7 Å².